The molecule has 1 aliphatic carbocycles. The average Bonchev–Trinajstić information content (AvgIpc) is 3.31. The predicted octanol–water partition coefficient (Wildman–Crippen LogP) is 3.35. The lowest BCUT2D eigenvalue weighted by Gasteiger charge is -2.33. The first kappa shape index (κ1) is 18.6. The van der Waals surface area contributed by atoms with Gasteiger partial charge in [-0.05, 0) is 31.9 Å². The molecule has 11 heteroatoms. The Hall–Kier alpha value is -2.72. The van der Waals surface area contributed by atoms with Gasteiger partial charge in [0.15, 0.2) is 17.3 Å². The Morgan fingerprint density at radius 1 is 1.07 bits per heavy atom. The fraction of sp³-hybridized carbons (Fsp3) is 0.588. The van der Waals surface area contributed by atoms with Crippen molar-refractivity contribution in [1.82, 2.24) is 29.9 Å². The normalized spacial score (nSPS) is 20.3. The lowest BCUT2D eigenvalue weighted by molar-refractivity contribution is -0.141. The second kappa shape index (κ2) is 7.02. The monoisotopic (exact) mass is 395 g/mol. The van der Waals surface area contributed by atoms with Gasteiger partial charge in [-0.3, -0.25) is 5.32 Å². The molecule has 3 heterocycles. The summed E-state index contributed by atoms with van der Waals surface area (Å²) in [5.41, 5.74) is -1.11. The largest absolute Gasteiger partial charge is 0.435 e. The summed E-state index contributed by atoms with van der Waals surface area (Å²) in [5, 5.41) is 17.7. The van der Waals surface area contributed by atoms with Crippen molar-refractivity contribution in [3.63, 3.8) is 0 Å². The van der Waals surface area contributed by atoms with Crippen LogP contribution < -0.4 is 5.32 Å². The number of aromatic nitrogens is 5. The van der Waals surface area contributed by atoms with E-state index in [2.05, 4.69) is 30.3 Å². The number of urea groups is 1. The fourth-order valence-corrected chi connectivity index (χ4v) is 3.90. The summed E-state index contributed by atoms with van der Waals surface area (Å²) in [7, 11) is 0. The molecule has 1 unspecified atom stereocenters. The van der Waals surface area contributed by atoms with E-state index in [4.69, 9.17) is 0 Å². The van der Waals surface area contributed by atoms with E-state index < -0.39 is 17.9 Å². The molecule has 28 heavy (non-hydrogen) atoms. The minimum Gasteiger partial charge on any atom is -0.313 e. The van der Waals surface area contributed by atoms with E-state index in [9.17, 15) is 18.0 Å². The lowest BCUT2D eigenvalue weighted by atomic mass is 10.1. The van der Waals surface area contributed by atoms with Crippen LogP contribution in [-0.2, 0) is 12.7 Å². The van der Waals surface area contributed by atoms with Crippen LogP contribution in [-0.4, -0.2) is 42.4 Å². The number of hydrogen-bond acceptors (Lipinski definition) is 5. The van der Waals surface area contributed by atoms with Gasteiger partial charge in [0.05, 0.1) is 6.04 Å². The lowest BCUT2D eigenvalue weighted by Crippen LogP contribution is -2.44. The zero-order valence-electron chi connectivity index (χ0n) is 15.3. The van der Waals surface area contributed by atoms with Crippen LogP contribution >= 0.6 is 0 Å². The minimum atomic E-state index is -4.57. The van der Waals surface area contributed by atoms with E-state index in [0.29, 0.717) is 19.0 Å². The Balaban J connectivity index is 1.46. The second-order valence-corrected chi connectivity index (χ2v) is 7.15. The van der Waals surface area contributed by atoms with Crippen molar-refractivity contribution in [3.8, 4) is 0 Å². The Labute approximate surface area is 159 Å². The van der Waals surface area contributed by atoms with Gasteiger partial charge in [-0.1, -0.05) is 12.8 Å². The van der Waals surface area contributed by atoms with E-state index in [1.54, 1.807) is 4.90 Å². The summed E-state index contributed by atoms with van der Waals surface area (Å²) in [5.74, 6) is 2.11. The van der Waals surface area contributed by atoms with Gasteiger partial charge in [0, 0.05) is 19.0 Å². The van der Waals surface area contributed by atoms with Crippen LogP contribution in [0.2, 0.25) is 0 Å². The summed E-state index contributed by atoms with van der Waals surface area (Å²) in [6.07, 6.45) is 0.0564. The molecule has 0 spiro atoms. The minimum absolute atomic E-state index is 0.0381. The van der Waals surface area contributed by atoms with E-state index in [1.807, 2.05) is 6.92 Å². The molecule has 2 aromatic rings. The number of alkyl halides is 3. The Morgan fingerprint density at radius 2 is 1.79 bits per heavy atom. The van der Waals surface area contributed by atoms with Crippen LogP contribution in [0.3, 0.4) is 0 Å². The molecule has 2 aliphatic rings. The third kappa shape index (κ3) is 3.40. The van der Waals surface area contributed by atoms with Gasteiger partial charge in [-0.15, -0.1) is 20.4 Å². The second-order valence-electron chi connectivity index (χ2n) is 7.15. The molecule has 2 amide bonds. The first-order chi connectivity index (χ1) is 13.3. The molecule has 1 atom stereocenters. The Bertz CT molecular complexity index is 859. The number of carbonyl (C=O) groups is 1. The number of amides is 2. The van der Waals surface area contributed by atoms with Gasteiger partial charge in [-0.2, -0.15) is 13.2 Å². The van der Waals surface area contributed by atoms with Crippen molar-refractivity contribution < 1.29 is 18.0 Å². The Morgan fingerprint density at radius 3 is 2.43 bits per heavy atom. The number of nitrogens with one attached hydrogen (secondary N) is 1. The van der Waals surface area contributed by atoms with Gasteiger partial charge in [0.2, 0.25) is 0 Å². The number of rotatable bonds is 2. The molecule has 2 aromatic heterocycles. The first-order valence-corrected chi connectivity index (χ1v) is 9.26. The number of fused-ring (bicyclic) bond motifs is 1. The van der Waals surface area contributed by atoms with E-state index >= 15 is 0 Å². The molecule has 0 radical (unpaired) electrons. The van der Waals surface area contributed by atoms with Gasteiger partial charge < -0.3 is 9.47 Å². The molecule has 1 N–H and O–H groups in total. The summed E-state index contributed by atoms with van der Waals surface area (Å²) in [6.45, 7) is 2.90. The summed E-state index contributed by atoms with van der Waals surface area (Å²) < 4.78 is 39.8. The number of halogens is 3. The molecule has 0 aromatic carbocycles. The summed E-state index contributed by atoms with van der Waals surface area (Å²) in [4.78, 5) is 14.2. The fourth-order valence-electron chi connectivity index (χ4n) is 3.90. The smallest absolute Gasteiger partial charge is 0.313 e. The molecule has 4 rings (SSSR count). The topological polar surface area (TPSA) is 88.8 Å². The molecule has 1 fully saturated rings. The zero-order chi connectivity index (χ0) is 19.9. The maximum atomic E-state index is 12.6. The first-order valence-electron chi connectivity index (χ1n) is 9.26. The van der Waals surface area contributed by atoms with Crippen molar-refractivity contribution in [1.29, 1.82) is 0 Å². The third-order valence-corrected chi connectivity index (χ3v) is 5.38. The third-order valence-electron chi connectivity index (χ3n) is 5.38. The maximum absolute atomic E-state index is 12.6. The molecule has 0 saturated heterocycles. The highest BCUT2D eigenvalue weighted by Gasteiger charge is 2.35. The predicted molar refractivity (Wildman–Crippen MR) is 92.4 cm³/mol. The van der Waals surface area contributed by atoms with Gasteiger partial charge in [0.1, 0.15) is 5.82 Å². The number of anilines is 1. The van der Waals surface area contributed by atoms with E-state index in [1.165, 1.54) is 12.8 Å². The van der Waals surface area contributed by atoms with Crippen LogP contribution in [0.4, 0.5) is 23.8 Å². The van der Waals surface area contributed by atoms with Crippen LogP contribution in [0.5, 0.6) is 0 Å². The number of nitrogens with zero attached hydrogens (tertiary/aromatic N) is 6. The molecular formula is C17H20F3N7O. The highest BCUT2D eigenvalue weighted by Crippen LogP contribution is 2.35. The number of hydrogen-bond donors (Lipinski definition) is 1. The maximum Gasteiger partial charge on any atom is 0.435 e. The van der Waals surface area contributed by atoms with Crippen molar-refractivity contribution >= 4 is 11.8 Å². The van der Waals surface area contributed by atoms with Gasteiger partial charge in [-0.25, -0.2) is 4.79 Å². The summed E-state index contributed by atoms with van der Waals surface area (Å²) >= 11 is 0. The summed E-state index contributed by atoms with van der Waals surface area (Å²) in [6, 6.07) is 1.10. The van der Waals surface area contributed by atoms with Crippen molar-refractivity contribution in [2.75, 3.05) is 11.9 Å². The van der Waals surface area contributed by atoms with Crippen molar-refractivity contribution in [2.24, 2.45) is 0 Å². The molecule has 1 saturated carbocycles. The quantitative estimate of drug-likeness (QED) is 0.842. The highest BCUT2D eigenvalue weighted by molar-refractivity contribution is 5.88. The van der Waals surface area contributed by atoms with Crippen LogP contribution in [0.25, 0.3) is 0 Å². The zero-order valence-corrected chi connectivity index (χ0v) is 15.3. The molecule has 8 nitrogen and oxygen atoms in total. The van der Waals surface area contributed by atoms with Crippen molar-refractivity contribution in [3.05, 3.63) is 29.5 Å². The molecular weight excluding hydrogens is 375 g/mol. The average molecular weight is 395 g/mol. The van der Waals surface area contributed by atoms with Gasteiger partial charge in [0.25, 0.3) is 0 Å². The Kier molecular flexibility index (Phi) is 4.68. The van der Waals surface area contributed by atoms with Crippen LogP contribution in [0.15, 0.2) is 12.1 Å². The van der Waals surface area contributed by atoms with Crippen LogP contribution in [0, 0.1) is 0 Å². The molecule has 150 valence electrons. The van der Waals surface area contributed by atoms with Crippen LogP contribution in [0.1, 0.15) is 61.9 Å². The number of carbonyl (C=O) groups excluding carboxylic acids is 1. The highest BCUT2D eigenvalue weighted by atomic mass is 19.4. The van der Waals surface area contributed by atoms with Crippen molar-refractivity contribution in [2.45, 2.75) is 57.3 Å². The molecule has 0 bridgehead atoms. The SMILES string of the molecule is CC1c2nnc(C3CCCC3)n2CCN1C(=O)Nc1ccc(C(F)(F)F)nn1. The standard InChI is InChI=1S/C17H20F3N7O/c1-10-14-24-25-15(11-4-2-3-5-11)27(14)9-8-26(10)16(28)21-13-7-6-12(22-23-13)17(18,19)20/h6-7,10-11H,2-5,8-9H2,1H3,(H,21,23,28). The molecule has 1 aliphatic heterocycles. The van der Waals surface area contributed by atoms with E-state index in [0.717, 1.165) is 36.6 Å². The van der Waals surface area contributed by atoms with E-state index in [-0.39, 0.29) is 11.9 Å². The van der Waals surface area contributed by atoms with Gasteiger partial charge >= 0.3 is 12.2 Å².